The second-order valence-corrected chi connectivity index (χ2v) is 4.29. The molecule has 0 heterocycles. The van der Waals surface area contributed by atoms with Gasteiger partial charge in [-0.25, -0.2) is 0 Å². The van der Waals surface area contributed by atoms with Crippen molar-refractivity contribution >= 4 is 34.8 Å². The number of halogens is 2. The van der Waals surface area contributed by atoms with Gasteiger partial charge in [0.2, 0.25) is 5.91 Å². The number of rotatable bonds is 5. The Morgan fingerprint density at radius 2 is 2.18 bits per heavy atom. The zero-order chi connectivity index (χ0) is 12.7. The van der Waals surface area contributed by atoms with Gasteiger partial charge >= 0.3 is 0 Å². The van der Waals surface area contributed by atoms with Crippen molar-refractivity contribution in [3.63, 3.8) is 0 Å². The molecule has 0 bridgehead atoms. The standard InChI is InChI=1S/C12H12Cl2N2O/c13-6-2-1-3-12(17)16-11-7-9(8-15)4-5-10(11)14/h4-5,7H,1-3,6H2,(H,16,17). The van der Waals surface area contributed by atoms with Gasteiger partial charge in [-0.2, -0.15) is 5.26 Å². The average Bonchev–Trinajstić information content (AvgIpc) is 2.32. The van der Waals surface area contributed by atoms with Gasteiger partial charge < -0.3 is 5.32 Å². The second-order valence-electron chi connectivity index (χ2n) is 3.50. The minimum Gasteiger partial charge on any atom is -0.325 e. The molecule has 1 N–H and O–H groups in total. The van der Waals surface area contributed by atoms with E-state index in [1.807, 2.05) is 6.07 Å². The first-order valence-electron chi connectivity index (χ1n) is 5.23. The number of benzene rings is 1. The van der Waals surface area contributed by atoms with E-state index in [1.54, 1.807) is 18.2 Å². The predicted molar refractivity (Wildman–Crippen MR) is 69.4 cm³/mol. The molecule has 1 amide bonds. The lowest BCUT2D eigenvalue weighted by Gasteiger charge is -2.07. The van der Waals surface area contributed by atoms with Crippen molar-refractivity contribution in [1.82, 2.24) is 0 Å². The number of nitrogens with one attached hydrogen (secondary N) is 1. The van der Waals surface area contributed by atoms with Crippen molar-refractivity contribution < 1.29 is 4.79 Å². The molecule has 1 aromatic rings. The fourth-order valence-corrected chi connectivity index (χ4v) is 1.64. The molecule has 0 saturated carbocycles. The summed E-state index contributed by atoms with van der Waals surface area (Å²) in [7, 11) is 0. The minimum atomic E-state index is -0.118. The van der Waals surface area contributed by atoms with E-state index in [0.29, 0.717) is 28.6 Å². The molecule has 0 radical (unpaired) electrons. The Morgan fingerprint density at radius 1 is 1.41 bits per heavy atom. The summed E-state index contributed by atoms with van der Waals surface area (Å²) in [5.41, 5.74) is 0.937. The van der Waals surface area contributed by atoms with Crippen LogP contribution in [-0.2, 0) is 4.79 Å². The first kappa shape index (κ1) is 13.8. The molecule has 5 heteroatoms. The molecule has 0 unspecified atom stereocenters. The topological polar surface area (TPSA) is 52.9 Å². The Labute approximate surface area is 110 Å². The van der Waals surface area contributed by atoms with E-state index < -0.39 is 0 Å². The Morgan fingerprint density at radius 3 is 2.82 bits per heavy atom. The SMILES string of the molecule is N#Cc1ccc(Cl)c(NC(=O)CCCCCl)c1. The normalized spacial score (nSPS) is 9.71. The second kappa shape index (κ2) is 7.16. The number of nitriles is 1. The van der Waals surface area contributed by atoms with E-state index in [2.05, 4.69) is 5.32 Å². The zero-order valence-electron chi connectivity index (χ0n) is 9.17. The van der Waals surface area contributed by atoms with Gasteiger partial charge in [0, 0.05) is 12.3 Å². The van der Waals surface area contributed by atoms with Crippen LogP contribution in [0.25, 0.3) is 0 Å². The Balaban J connectivity index is 2.61. The van der Waals surface area contributed by atoms with Gasteiger partial charge in [-0.05, 0) is 31.0 Å². The Bertz CT molecular complexity index is 441. The largest absolute Gasteiger partial charge is 0.325 e. The summed E-state index contributed by atoms with van der Waals surface area (Å²) >= 11 is 11.4. The maximum Gasteiger partial charge on any atom is 0.224 e. The number of amides is 1. The van der Waals surface area contributed by atoms with Gasteiger partial charge in [-0.15, -0.1) is 11.6 Å². The highest BCUT2D eigenvalue weighted by atomic mass is 35.5. The van der Waals surface area contributed by atoms with Gasteiger partial charge in [0.05, 0.1) is 22.3 Å². The molecule has 0 aliphatic heterocycles. The number of nitrogens with zero attached hydrogens (tertiary/aromatic N) is 1. The highest BCUT2D eigenvalue weighted by Gasteiger charge is 2.06. The molecule has 0 aliphatic rings. The molecule has 0 atom stereocenters. The minimum absolute atomic E-state index is 0.118. The smallest absolute Gasteiger partial charge is 0.224 e. The van der Waals surface area contributed by atoms with Crippen molar-refractivity contribution in [3.8, 4) is 6.07 Å². The van der Waals surface area contributed by atoms with E-state index in [-0.39, 0.29) is 5.91 Å². The lowest BCUT2D eigenvalue weighted by atomic mass is 10.2. The average molecular weight is 271 g/mol. The first-order chi connectivity index (χ1) is 8.17. The highest BCUT2D eigenvalue weighted by molar-refractivity contribution is 6.33. The Hall–Kier alpha value is -1.24. The monoisotopic (exact) mass is 270 g/mol. The molecule has 0 aliphatic carbocycles. The van der Waals surface area contributed by atoms with E-state index in [4.69, 9.17) is 28.5 Å². The number of carbonyl (C=O) groups is 1. The van der Waals surface area contributed by atoms with Crippen LogP contribution < -0.4 is 5.32 Å². The van der Waals surface area contributed by atoms with Gasteiger partial charge in [-0.1, -0.05) is 11.6 Å². The van der Waals surface area contributed by atoms with Crippen LogP contribution in [0.4, 0.5) is 5.69 Å². The lowest BCUT2D eigenvalue weighted by Crippen LogP contribution is -2.11. The van der Waals surface area contributed by atoms with Crippen molar-refractivity contribution in [2.24, 2.45) is 0 Å². The van der Waals surface area contributed by atoms with E-state index >= 15 is 0 Å². The van der Waals surface area contributed by atoms with Gasteiger partial charge in [0.1, 0.15) is 0 Å². The predicted octanol–water partition coefficient (Wildman–Crippen LogP) is 3.56. The zero-order valence-corrected chi connectivity index (χ0v) is 10.7. The van der Waals surface area contributed by atoms with Crippen molar-refractivity contribution in [2.45, 2.75) is 19.3 Å². The maximum atomic E-state index is 11.5. The molecular weight excluding hydrogens is 259 g/mol. The molecule has 0 fully saturated rings. The van der Waals surface area contributed by atoms with Gasteiger partial charge in [-0.3, -0.25) is 4.79 Å². The summed E-state index contributed by atoms with van der Waals surface area (Å²) in [5, 5.41) is 11.8. The van der Waals surface area contributed by atoms with Crippen LogP contribution >= 0.6 is 23.2 Å². The third-order valence-electron chi connectivity index (χ3n) is 2.16. The summed E-state index contributed by atoms with van der Waals surface area (Å²) in [6.45, 7) is 0. The number of carbonyl (C=O) groups excluding carboxylic acids is 1. The highest BCUT2D eigenvalue weighted by Crippen LogP contribution is 2.23. The van der Waals surface area contributed by atoms with Crippen molar-refractivity contribution in [2.75, 3.05) is 11.2 Å². The summed E-state index contributed by atoms with van der Waals surface area (Å²) in [6.07, 6.45) is 1.95. The van der Waals surface area contributed by atoms with Crippen LogP contribution in [0.2, 0.25) is 5.02 Å². The van der Waals surface area contributed by atoms with Gasteiger partial charge in [0.25, 0.3) is 0 Å². The van der Waals surface area contributed by atoms with Crippen LogP contribution in [0.15, 0.2) is 18.2 Å². The lowest BCUT2D eigenvalue weighted by molar-refractivity contribution is -0.116. The third-order valence-corrected chi connectivity index (χ3v) is 2.75. The van der Waals surface area contributed by atoms with Crippen LogP contribution in [-0.4, -0.2) is 11.8 Å². The fraction of sp³-hybridized carbons (Fsp3) is 0.333. The third kappa shape index (κ3) is 4.64. The number of hydrogen-bond donors (Lipinski definition) is 1. The molecule has 1 rings (SSSR count). The molecule has 1 aromatic carbocycles. The first-order valence-corrected chi connectivity index (χ1v) is 6.14. The van der Waals surface area contributed by atoms with E-state index in [1.165, 1.54) is 0 Å². The maximum absolute atomic E-state index is 11.5. The Kier molecular flexibility index (Phi) is 5.82. The molecule has 3 nitrogen and oxygen atoms in total. The molecule has 0 saturated heterocycles. The number of anilines is 1. The number of hydrogen-bond acceptors (Lipinski definition) is 2. The van der Waals surface area contributed by atoms with Crippen molar-refractivity contribution in [3.05, 3.63) is 28.8 Å². The molecular formula is C12H12Cl2N2O. The van der Waals surface area contributed by atoms with Crippen molar-refractivity contribution in [1.29, 1.82) is 5.26 Å². The van der Waals surface area contributed by atoms with Crippen LogP contribution in [0, 0.1) is 11.3 Å². The molecule has 90 valence electrons. The van der Waals surface area contributed by atoms with E-state index in [0.717, 1.165) is 12.8 Å². The van der Waals surface area contributed by atoms with Crippen LogP contribution in [0.3, 0.4) is 0 Å². The van der Waals surface area contributed by atoms with Crippen LogP contribution in [0.5, 0.6) is 0 Å². The van der Waals surface area contributed by atoms with Gasteiger partial charge in [0.15, 0.2) is 0 Å². The summed E-state index contributed by atoms with van der Waals surface area (Å²) < 4.78 is 0. The number of alkyl halides is 1. The van der Waals surface area contributed by atoms with Crippen LogP contribution in [0.1, 0.15) is 24.8 Å². The van der Waals surface area contributed by atoms with E-state index in [9.17, 15) is 4.79 Å². The molecule has 0 aromatic heterocycles. The molecule has 0 spiro atoms. The summed E-state index contributed by atoms with van der Waals surface area (Å²) in [5.74, 6) is 0.435. The molecule has 17 heavy (non-hydrogen) atoms. The fourth-order valence-electron chi connectivity index (χ4n) is 1.28. The summed E-state index contributed by atoms with van der Waals surface area (Å²) in [6, 6.07) is 6.74. The number of unbranched alkanes of at least 4 members (excludes halogenated alkanes) is 1. The quantitative estimate of drug-likeness (QED) is 0.657. The summed E-state index contributed by atoms with van der Waals surface area (Å²) in [4.78, 5) is 11.5.